The van der Waals surface area contributed by atoms with Crippen LogP contribution < -0.4 is 9.75 Å². The third-order valence-electron chi connectivity index (χ3n) is 9.26. The van der Waals surface area contributed by atoms with Crippen LogP contribution in [0, 0.1) is 6.92 Å². The Kier molecular flexibility index (Phi) is 6.21. The topological polar surface area (TPSA) is 3.88 Å². The molecule has 180 valence electrons. The van der Waals surface area contributed by atoms with Crippen LogP contribution in [0.4, 0.5) is 0 Å². The maximum Gasteiger partial charge on any atom is 0.220 e. The molecule has 4 aromatic rings. The first-order chi connectivity index (χ1) is 16.7. The van der Waals surface area contributed by atoms with Crippen molar-refractivity contribution in [2.24, 2.45) is 7.05 Å². The number of rotatable bonds is 5. The van der Waals surface area contributed by atoms with Gasteiger partial charge in [0.05, 0.1) is 13.5 Å². The first-order valence-electron chi connectivity index (χ1n) is 13.3. The van der Waals surface area contributed by atoms with Crippen molar-refractivity contribution in [3.63, 3.8) is 0 Å². The highest BCUT2D eigenvalue weighted by molar-refractivity contribution is 6.92. The molecule has 5 rings (SSSR count). The Morgan fingerprint density at radius 3 is 2.29 bits per heavy atom. The molecule has 1 aromatic heterocycles. The van der Waals surface area contributed by atoms with E-state index < -0.39 is 8.07 Å². The second-order valence-electron chi connectivity index (χ2n) is 11.7. The molecular weight excluding hydrogens is 438 g/mol. The molecule has 0 N–H and O–H groups in total. The Bertz CT molecular complexity index is 1360. The van der Waals surface area contributed by atoms with Crippen LogP contribution in [0.15, 0.2) is 79.0 Å². The van der Waals surface area contributed by atoms with Crippen molar-refractivity contribution in [2.45, 2.75) is 70.5 Å². The number of nitrogens with zero attached hydrogens (tertiary/aromatic N) is 1. The summed E-state index contributed by atoms with van der Waals surface area (Å²) in [5, 5.41) is 4.37. The predicted molar refractivity (Wildman–Crippen MR) is 153 cm³/mol. The van der Waals surface area contributed by atoms with Gasteiger partial charge in [-0.25, -0.2) is 4.57 Å². The van der Waals surface area contributed by atoms with Gasteiger partial charge in [0.2, 0.25) is 5.69 Å². The van der Waals surface area contributed by atoms with Crippen LogP contribution in [0.1, 0.15) is 62.1 Å². The molecule has 0 amide bonds. The zero-order valence-corrected chi connectivity index (χ0v) is 23.4. The Morgan fingerprint density at radius 2 is 1.57 bits per heavy atom. The average molecular weight is 479 g/mol. The number of hydrogen-bond donors (Lipinski definition) is 0. The lowest BCUT2D eigenvalue weighted by Gasteiger charge is -2.41. The summed E-state index contributed by atoms with van der Waals surface area (Å²) in [4.78, 5) is 0. The number of hydrogen-bond acceptors (Lipinski definition) is 0. The van der Waals surface area contributed by atoms with Crippen LogP contribution in [0.2, 0.25) is 13.1 Å². The minimum atomic E-state index is -1.82. The van der Waals surface area contributed by atoms with E-state index in [-0.39, 0.29) is 5.04 Å². The highest BCUT2D eigenvalue weighted by Gasteiger charge is 2.41. The summed E-state index contributed by atoms with van der Waals surface area (Å²) >= 11 is 0. The van der Waals surface area contributed by atoms with E-state index in [0.29, 0.717) is 0 Å². The molecule has 3 aromatic carbocycles. The van der Waals surface area contributed by atoms with E-state index in [2.05, 4.69) is 124 Å². The highest BCUT2D eigenvalue weighted by atomic mass is 28.3. The van der Waals surface area contributed by atoms with Gasteiger partial charge in [0.1, 0.15) is 7.05 Å². The first kappa shape index (κ1) is 24.0. The molecule has 1 aliphatic carbocycles. The summed E-state index contributed by atoms with van der Waals surface area (Å²) in [6.07, 6.45) is 7.67. The van der Waals surface area contributed by atoms with E-state index >= 15 is 0 Å². The quantitative estimate of drug-likeness (QED) is 0.204. The van der Waals surface area contributed by atoms with Crippen LogP contribution in [-0.4, -0.2) is 8.07 Å². The maximum atomic E-state index is 2.53. The zero-order chi connectivity index (χ0) is 24.8. The summed E-state index contributed by atoms with van der Waals surface area (Å²) < 4.78 is 2.32. The maximum absolute atomic E-state index is 2.53. The lowest BCUT2D eigenvalue weighted by atomic mass is 9.91. The molecule has 0 saturated heterocycles. The third kappa shape index (κ3) is 4.16. The van der Waals surface area contributed by atoms with Gasteiger partial charge in [0.25, 0.3) is 0 Å². The molecule has 0 atom stereocenters. The van der Waals surface area contributed by atoms with Crippen LogP contribution >= 0.6 is 0 Å². The molecular formula is C33H40NSi+. The fourth-order valence-corrected chi connectivity index (χ4v) is 8.71. The minimum Gasteiger partial charge on any atom is -0.200 e. The lowest BCUT2D eigenvalue weighted by molar-refractivity contribution is -0.659. The molecule has 0 spiro atoms. The van der Waals surface area contributed by atoms with Crippen LogP contribution in [0.25, 0.3) is 22.0 Å². The Morgan fingerprint density at radius 1 is 0.857 bits per heavy atom. The summed E-state index contributed by atoms with van der Waals surface area (Å²) in [5.41, 5.74) is 7.05. The van der Waals surface area contributed by atoms with Crippen LogP contribution in [0.3, 0.4) is 0 Å². The van der Waals surface area contributed by atoms with E-state index in [9.17, 15) is 0 Å². The van der Waals surface area contributed by atoms with Gasteiger partial charge in [0, 0.05) is 11.6 Å². The number of aryl methyl sites for hydroxylation is 2. The SMILES string of the molecule is Cc1ccc(C2CCCC2)cc1-c1c2ccc([Si](C)(C)C(C)(C)c3ccccc3)cc2cc[n+]1C. The Balaban J connectivity index is 1.62. The van der Waals surface area contributed by atoms with E-state index in [1.54, 1.807) is 0 Å². The van der Waals surface area contributed by atoms with Gasteiger partial charge in [-0.15, -0.1) is 0 Å². The lowest BCUT2D eigenvalue weighted by Crippen LogP contribution is -2.57. The second kappa shape index (κ2) is 9.06. The van der Waals surface area contributed by atoms with Crippen molar-refractivity contribution < 1.29 is 4.57 Å². The molecule has 0 bridgehead atoms. The first-order valence-corrected chi connectivity index (χ1v) is 16.3. The molecule has 2 heteroatoms. The molecule has 1 saturated carbocycles. The van der Waals surface area contributed by atoms with Crippen LogP contribution in [0.5, 0.6) is 0 Å². The molecule has 0 radical (unpaired) electrons. The van der Waals surface area contributed by atoms with E-state index in [4.69, 9.17) is 0 Å². The second-order valence-corrected chi connectivity index (χ2v) is 16.8. The van der Waals surface area contributed by atoms with Crippen LogP contribution in [-0.2, 0) is 12.1 Å². The van der Waals surface area contributed by atoms with Gasteiger partial charge in [-0.05, 0) is 64.9 Å². The normalized spacial score (nSPS) is 15.1. The highest BCUT2D eigenvalue weighted by Crippen LogP contribution is 2.38. The van der Waals surface area contributed by atoms with Gasteiger partial charge in [0.15, 0.2) is 6.20 Å². The van der Waals surface area contributed by atoms with Gasteiger partial charge in [-0.2, -0.15) is 0 Å². The monoisotopic (exact) mass is 478 g/mol. The molecule has 0 unspecified atom stereocenters. The van der Waals surface area contributed by atoms with E-state index in [1.807, 2.05) is 0 Å². The fourth-order valence-electron chi connectivity index (χ4n) is 6.08. The van der Waals surface area contributed by atoms with Gasteiger partial charge >= 0.3 is 0 Å². The van der Waals surface area contributed by atoms with E-state index in [1.165, 1.54) is 69.6 Å². The summed E-state index contributed by atoms with van der Waals surface area (Å²) in [7, 11) is 0.376. The van der Waals surface area contributed by atoms with Crippen molar-refractivity contribution in [1.29, 1.82) is 0 Å². The minimum absolute atomic E-state index is 0.135. The zero-order valence-electron chi connectivity index (χ0n) is 22.4. The van der Waals surface area contributed by atoms with Crippen molar-refractivity contribution in [3.05, 3.63) is 95.7 Å². The van der Waals surface area contributed by atoms with Gasteiger partial charge < -0.3 is 0 Å². The summed E-state index contributed by atoms with van der Waals surface area (Å²) in [6.45, 7) is 12.2. The Hall–Kier alpha value is -2.71. The Labute approximate surface area is 212 Å². The van der Waals surface area contributed by atoms with Crippen molar-refractivity contribution in [2.75, 3.05) is 0 Å². The van der Waals surface area contributed by atoms with Crippen molar-refractivity contribution in [3.8, 4) is 11.3 Å². The summed E-state index contributed by atoms with van der Waals surface area (Å²) in [6, 6.07) is 27.9. The van der Waals surface area contributed by atoms with Gasteiger partial charge in [-0.1, -0.05) is 99.6 Å². The average Bonchev–Trinajstić information content (AvgIpc) is 3.40. The number of pyridine rings is 1. The number of benzene rings is 3. The number of aromatic nitrogens is 1. The number of fused-ring (bicyclic) bond motifs is 1. The standard InChI is InChI=1S/C33H40NSi/c1-24-16-17-26(25-12-10-11-13-25)23-31(24)32-30-19-18-29(22-27(30)20-21-34(32)4)35(5,6)33(2,3)28-14-8-7-9-15-28/h7-9,14-23,25H,10-13H2,1-6H3/q+1. The summed E-state index contributed by atoms with van der Waals surface area (Å²) in [5.74, 6) is 0.730. The largest absolute Gasteiger partial charge is 0.220 e. The molecule has 35 heavy (non-hydrogen) atoms. The van der Waals surface area contributed by atoms with Crippen molar-refractivity contribution in [1.82, 2.24) is 0 Å². The van der Waals surface area contributed by atoms with Crippen molar-refractivity contribution >= 4 is 24.0 Å². The molecule has 0 aliphatic heterocycles. The van der Waals surface area contributed by atoms with Gasteiger partial charge in [-0.3, -0.25) is 0 Å². The predicted octanol–water partition coefficient (Wildman–Crippen LogP) is 7.73. The fraction of sp³-hybridized carbons (Fsp3) is 0.364. The molecule has 1 fully saturated rings. The third-order valence-corrected chi connectivity index (χ3v) is 14.4. The molecule has 1 aliphatic rings. The smallest absolute Gasteiger partial charge is 0.200 e. The van der Waals surface area contributed by atoms with E-state index in [0.717, 1.165) is 5.92 Å². The molecule has 1 nitrogen and oxygen atoms in total. The molecule has 1 heterocycles.